The highest BCUT2D eigenvalue weighted by Crippen LogP contribution is 2.21. The highest BCUT2D eigenvalue weighted by molar-refractivity contribution is 7.89. The summed E-state index contributed by atoms with van der Waals surface area (Å²) in [6.45, 7) is 1.43. The molecule has 1 aromatic carbocycles. The molecule has 132 valence electrons. The number of nitrogens with zero attached hydrogens (tertiary/aromatic N) is 2. The van der Waals surface area contributed by atoms with Crippen molar-refractivity contribution in [2.45, 2.75) is 36.6 Å². The monoisotopic (exact) mass is 371 g/mol. The largest absolute Gasteiger partial charge is 0.335 e. The van der Waals surface area contributed by atoms with Crippen molar-refractivity contribution in [2.75, 3.05) is 26.2 Å². The molecule has 2 aliphatic rings. The van der Waals surface area contributed by atoms with Gasteiger partial charge in [0.2, 0.25) is 10.0 Å². The van der Waals surface area contributed by atoms with Crippen LogP contribution >= 0.6 is 11.6 Å². The highest BCUT2D eigenvalue weighted by atomic mass is 35.5. The van der Waals surface area contributed by atoms with Gasteiger partial charge in [-0.1, -0.05) is 24.4 Å². The second kappa shape index (κ2) is 7.29. The maximum atomic E-state index is 12.6. The number of urea groups is 1. The van der Waals surface area contributed by atoms with E-state index in [1.54, 1.807) is 17.0 Å². The number of amides is 2. The second-order valence-electron chi connectivity index (χ2n) is 6.28. The molecule has 0 spiro atoms. The number of hydrogen-bond acceptors (Lipinski definition) is 3. The molecule has 1 aromatic rings. The van der Waals surface area contributed by atoms with Crippen LogP contribution in [0, 0.1) is 0 Å². The van der Waals surface area contributed by atoms with Crippen molar-refractivity contribution >= 4 is 27.7 Å². The van der Waals surface area contributed by atoms with E-state index >= 15 is 0 Å². The van der Waals surface area contributed by atoms with E-state index in [0.29, 0.717) is 31.2 Å². The lowest BCUT2D eigenvalue weighted by Crippen LogP contribution is -2.54. The fourth-order valence-corrected chi connectivity index (χ4v) is 4.77. The van der Waals surface area contributed by atoms with Gasteiger partial charge in [0.1, 0.15) is 0 Å². The molecule has 0 bridgehead atoms. The van der Waals surface area contributed by atoms with E-state index < -0.39 is 10.0 Å². The molecule has 1 saturated heterocycles. The maximum Gasteiger partial charge on any atom is 0.317 e. The lowest BCUT2D eigenvalue weighted by molar-refractivity contribution is 0.169. The summed E-state index contributed by atoms with van der Waals surface area (Å²) in [6, 6.07) is 6.35. The third kappa shape index (κ3) is 3.84. The van der Waals surface area contributed by atoms with Crippen LogP contribution < -0.4 is 5.32 Å². The van der Waals surface area contributed by atoms with Crippen LogP contribution in [0.3, 0.4) is 0 Å². The zero-order valence-electron chi connectivity index (χ0n) is 13.4. The number of hydrogen-bond donors (Lipinski definition) is 1. The van der Waals surface area contributed by atoms with Gasteiger partial charge in [0.15, 0.2) is 0 Å². The number of rotatable bonds is 3. The second-order valence-corrected chi connectivity index (χ2v) is 8.65. The molecule has 2 amide bonds. The Morgan fingerprint density at radius 2 is 1.62 bits per heavy atom. The number of nitrogens with one attached hydrogen (secondary N) is 1. The number of halogens is 1. The normalized spacial score (nSPS) is 20.3. The molecule has 1 aliphatic heterocycles. The predicted octanol–water partition coefficient (Wildman–Crippen LogP) is 2.30. The van der Waals surface area contributed by atoms with Gasteiger partial charge in [0, 0.05) is 37.2 Å². The van der Waals surface area contributed by atoms with Gasteiger partial charge < -0.3 is 10.2 Å². The Labute approximate surface area is 147 Å². The standard InChI is InChI=1S/C16H22ClN3O3S/c17-13-5-7-15(8-6-13)24(22,23)20-11-9-19(10-12-20)16(21)18-14-3-1-2-4-14/h5-8,14H,1-4,9-12H2,(H,18,21). The molecule has 2 fully saturated rings. The van der Waals surface area contributed by atoms with Crippen LogP contribution in [-0.4, -0.2) is 55.9 Å². The third-order valence-electron chi connectivity index (χ3n) is 4.66. The maximum absolute atomic E-state index is 12.6. The van der Waals surface area contributed by atoms with E-state index in [2.05, 4.69) is 5.32 Å². The lowest BCUT2D eigenvalue weighted by atomic mass is 10.2. The third-order valence-corrected chi connectivity index (χ3v) is 6.82. The van der Waals surface area contributed by atoms with E-state index in [0.717, 1.165) is 25.7 Å². The molecule has 1 aliphatic carbocycles. The smallest absolute Gasteiger partial charge is 0.317 e. The Balaban J connectivity index is 1.57. The topological polar surface area (TPSA) is 69.7 Å². The molecule has 0 aromatic heterocycles. The molecule has 3 rings (SSSR count). The van der Waals surface area contributed by atoms with Gasteiger partial charge in [-0.2, -0.15) is 4.31 Å². The summed E-state index contributed by atoms with van der Waals surface area (Å²) in [5.41, 5.74) is 0. The van der Waals surface area contributed by atoms with Crippen molar-refractivity contribution in [1.29, 1.82) is 0 Å². The fraction of sp³-hybridized carbons (Fsp3) is 0.562. The summed E-state index contributed by atoms with van der Waals surface area (Å²) in [7, 11) is -3.53. The summed E-state index contributed by atoms with van der Waals surface area (Å²) in [5, 5.41) is 3.55. The van der Waals surface area contributed by atoms with Gasteiger partial charge in [-0.05, 0) is 37.1 Å². The van der Waals surface area contributed by atoms with Gasteiger partial charge in [0.25, 0.3) is 0 Å². The number of carbonyl (C=O) groups is 1. The predicted molar refractivity (Wildman–Crippen MR) is 92.6 cm³/mol. The Morgan fingerprint density at radius 3 is 2.21 bits per heavy atom. The molecule has 1 saturated carbocycles. The first kappa shape index (κ1) is 17.5. The average Bonchev–Trinajstić information content (AvgIpc) is 3.08. The van der Waals surface area contributed by atoms with E-state index in [9.17, 15) is 13.2 Å². The minimum atomic E-state index is -3.53. The Morgan fingerprint density at radius 1 is 1.04 bits per heavy atom. The van der Waals surface area contributed by atoms with Gasteiger partial charge in [-0.3, -0.25) is 0 Å². The number of piperazine rings is 1. The molecule has 8 heteroatoms. The van der Waals surface area contributed by atoms with Crippen molar-refractivity contribution < 1.29 is 13.2 Å². The molecule has 1 N–H and O–H groups in total. The van der Waals surface area contributed by atoms with Crippen molar-refractivity contribution in [2.24, 2.45) is 0 Å². The van der Waals surface area contributed by atoms with E-state index in [4.69, 9.17) is 11.6 Å². The SMILES string of the molecule is O=C(NC1CCCC1)N1CCN(S(=O)(=O)c2ccc(Cl)cc2)CC1. The van der Waals surface area contributed by atoms with Gasteiger partial charge in [-0.15, -0.1) is 0 Å². The fourth-order valence-electron chi connectivity index (χ4n) is 3.22. The van der Waals surface area contributed by atoms with Gasteiger partial charge in [0.05, 0.1) is 4.90 Å². The van der Waals surface area contributed by atoms with E-state index in [-0.39, 0.29) is 17.0 Å². The van der Waals surface area contributed by atoms with Crippen molar-refractivity contribution in [3.8, 4) is 0 Å². The lowest BCUT2D eigenvalue weighted by Gasteiger charge is -2.34. The summed E-state index contributed by atoms with van der Waals surface area (Å²) in [5.74, 6) is 0. The van der Waals surface area contributed by atoms with Crippen LogP contribution in [-0.2, 0) is 10.0 Å². The Hall–Kier alpha value is -1.31. The molecular formula is C16H22ClN3O3S. The number of carbonyl (C=O) groups excluding carboxylic acids is 1. The molecule has 0 atom stereocenters. The zero-order valence-corrected chi connectivity index (χ0v) is 15.0. The average molecular weight is 372 g/mol. The first-order valence-electron chi connectivity index (χ1n) is 8.28. The van der Waals surface area contributed by atoms with Crippen molar-refractivity contribution in [3.05, 3.63) is 29.3 Å². The summed E-state index contributed by atoms with van der Waals surface area (Å²) in [6.07, 6.45) is 4.41. The van der Waals surface area contributed by atoms with Crippen LogP contribution in [0.5, 0.6) is 0 Å². The summed E-state index contributed by atoms with van der Waals surface area (Å²) in [4.78, 5) is 14.2. The highest BCUT2D eigenvalue weighted by Gasteiger charge is 2.30. The first-order chi connectivity index (χ1) is 11.5. The van der Waals surface area contributed by atoms with Crippen LogP contribution in [0.1, 0.15) is 25.7 Å². The molecule has 0 radical (unpaired) electrons. The Bertz CT molecular complexity index is 679. The molecule has 0 unspecified atom stereocenters. The van der Waals surface area contributed by atoms with Crippen LogP contribution in [0.4, 0.5) is 4.79 Å². The van der Waals surface area contributed by atoms with Crippen LogP contribution in [0.2, 0.25) is 5.02 Å². The number of sulfonamides is 1. The van der Waals surface area contributed by atoms with E-state index in [1.165, 1.54) is 16.4 Å². The minimum absolute atomic E-state index is 0.0783. The van der Waals surface area contributed by atoms with Crippen LogP contribution in [0.25, 0.3) is 0 Å². The number of benzene rings is 1. The van der Waals surface area contributed by atoms with Crippen molar-refractivity contribution in [1.82, 2.24) is 14.5 Å². The summed E-state index contributed by atoms with van der Waals surface area (Å²) >= 11 is 5.81. The molecule has 1 heterocycles. The molecular weight excluding hydrogens is 350 g/mol. The van der Waals surface area contributed by atoms with Crippen LogP contribution in [0.15, 0.2) is 29.2 Å². The van der Waals surface area contributed by atoms with E-state index in [1.807, 2.05) is 0 Å². The zero-order chi connectivity index (χ0) is 17.2. The first-order valence-corrected chi connectivity index (χ1v) is 10.1. The minimum Gasteiger partial charge on any atom is -0.335 e. The molecule has 24 heavy (non-hydrogen) atoms. The van der Waals surface area contributed by atoms with Gasteiger partial charge >= 0.3 is 6.03 Å². The van der Waals surface area contributed by atoms with Crippen molar-refractivity contribution in [3.63, 3.8) is 0 Å². The summed E-state index contributed by atoms with van der Waals surface area (Å²) < 4.78 is 26.7. The van der Waals surface area contributed by atoms with Gasteiger partial charge in [-0.25, -0.2) is 13.2 Å². The molecule has 6 nitrogen and oxygen atoms in total. The Kier molecular flexibility index (Phi) is 5.32. The quantitative estimate of drug-likeness (QED) is 0.886.